The van der Waals surface area contributed by atoms with E-state index in [1.807, 2.05) is 6.07 Å². The molecule has 1 aliphatic carbocycles. The first-order valence-corrected chi connectivity index (χ1v) is 6.30. The van der Waals surface area contributed by atoms with E-state index in [1.165, 1.54) is 6.42 Å². The zero-order valence-corrected chi connectivity index (χ0v) is 9.77. The first-order valence-electron chi connectivity index (χ1n) is 6.30. The number of esters is 2. The lowest BCUT2D eigenvalue weighted by atomic mass is 9.81. The van der Waals surface area contributed by atoms with Crippen molar-refractivity contribution in [1.29, 1.82) is 0 Å². The average Bonchev–Trinajstić information content (AvgIpc) is 3.06. The van der Waals surface area contributed by atoms with Gasteiger partial charge in [0.05, 0.1) is 17.2 Å². The van der Waals surface area contributed by atoms with Crippen molar-refractivity contribution >= 4 is 11.9 Å². The summed E-state index contributed by atoms with van der Waals surface area (Å²) in [7, 11) is 0. The highest BCUT2D eigenvalue weighted by Crippen LogP contribution is 2.56. The Bertz CT molecular complexity index is 577. The summed E-state index contributed by atoms with van der Waals surface area (Å²) in [6.07, 6.45) is 4.44. The predicted molar refractivity (Wildman–Crippen MR) is 61.2 cm³/mol. The second-order valence-corrected chi connectivity index (χ2v) is 5.15. The molecule has 4 rings (SSSR count). The van der Waals surface area contributed by atoms with Gasteiger partial charge in [-0.15, -0.1) is 0 Å². The lowest BCUT2D eigenvalue weighted by molar-refractivity contribution is 0.0442. The fourth-order valence-electron chi connectivity index (χ4n) is 3.31. The minimum Gasteiger partial charge on any atom is -0.386 e. The molecule has 2 atom stereocenters. The number of carbonyl (C=O) groups is 2. The maximum atomic E-state index is 11.8. The lowest BCUT2D eigenvalue weighted by Gasteiger charge is -2.18. The van der Waals surface area contributed by atoms with Crippen LogP contribution in [0.25, 0.3) is 0 Å². The molecule has 1 saturated heterocycles. The molecule has 92 valence electrons. The summed E-state index contributed by atoms with van der Waals surface area (Å²) in [5.74, 6) is -1.07. The fraction of sp³-hybridized carbons (Fsp3) is 0.429. The molecule has 2 aliphatic heterocycles. The second-order valence-electron chi connectivity index (χ2n) is 5.15. The van der Waals surface area contributed by atoms with E-state index in [2.05, 4.69) is 0 Å². The number of ether oxygens (including phenoxy) is 2. The number of cyclic esters (lactones) is 2. The van der Waals surface area contributed by atoms with Gasteiger partial charge >= 0.3 is 11.9 Å². The van der Waals surface area contributed by atoms with Gasteiger partial charge in [-0.25, -0.2) is 9.59 Å². The molecule has 1 aromatic carbocycles. The molecule has 2 fully saturated rings. The highest BCUT2D eigenvalue weighted by Gasteiger charge is 2.60. The summed E-state index contributed by atoms with van der Waals surface area (Å²) in [5, 5.41) is 0. The monoisotopic (exact) mass is 244 g/mol. The van der Waals surface area contributed by atoms with Crippen molar-refractivity contribution < 1.29 is 19.1 Å². The minimum absolute atomic E-state index is 0.209. The predicted octanol–water partition coefficient (Wildman–Crippen LogP) is 2.17. The number of epoxide rings is 1. The highest BCUT2D eigenvalue weighted by atomic mass is 16.6. The molecule has 0 radical (unpaired) electrons. The molecular formula is C14H12O4. The van der Waals surface area contributed by atoms with Crippen LogP contribution in [0.2, 0.25) is 0 Å². The van der Waals surface area contributed by atoms with E-state index in [-0.39, 0.29) is 11.7 Å². The van der Waals surface area contributed by atoms with Gasteiger partial charge in [0.15, 0.2) is 0 Å². The summed E-state index contributed by atoms with van der Waals surface area (Å²) in [6, 6.07) is 5.34. The second kappa shape index (κ2) is 3.20. The zero-order valence-electron chi connectivity index (χ0n) is 9.77. The van der Waals surface area contributed by atoms with Gasteiger partial charge in [-0.3, -0.25) is 0 Å². The number of hydrogen-bond donors (Lipinski definition) is 0. The van der Waals surface area contributed by atoms with Crippen LogP contribution in [-0.2, 0) is 15.1 Å². The van der Waals surface area contributed by atoms with E-state index in [0.29, 0.717) is 11.1 Å². The molecule has 0 N–H and O–H groups in total. The first-order chi connectivity index (χ1) is 8.72. The van der Waals surface area contributed by atoms with Gasteiger partial charge in [0.2, 0.25) is 0 Å². The smallest absolute Gasteiger partial charge is 0.347 e. The Hall–Kier alpha value is -1.68. The number of rotatable bonds is 1. The van der Waals surface area contributed by atoms with Gasteiger partial charge in [0, 0.05) is 5.56 Å². The minimum atomic E-state index is -0.541. The van der Waals surface area contributed by atoms with Gasteiger partial charge in [0.1, 0.15) is 5.60 Å². The molecule has 1 saturated carbocycles. The van der Waals surface area contributed by atoms with Crippen molar-refractivity contribution in [3.63, 3.8) is 0 Å². The number of carbonyl (C=O) groups excluding carboxylic acids is 2. The van der Waals surface area contributed by atoms with Crippen LogP contribution in [0.5, 0.6) is 0 Å². The standard InChI is InChI=1S/C14H12O4/c15-12-8-4-3-5-9(11(8)13(16)17-12)14-7-2-1-6-10(14)18-14/h3-5,10H,1-2,6-7H2. The van der Waals surface area contributed by atoms with Crippen molar-refractivity contribution in [2.45, 2.75) is 37.4 Å². The van der Waals surface area contributed by atoms with E-state index >= 15 is 0 Å². The third-order valence-electron chi connectivity index (χ3n) is 4.21. The molecule has 0 bridgehead atoms. The van der Waals surface area contributed by atoms with E-state index in [9.17, 15) is 9.59 Å². The van der Waals surface area contributed by atoms with Gasteiger partial charge in [-0.2, -0.15) is 0 Å². The number of benzene rings is 1. The van der Waals surface area contributed by atoms with E-state index in [1.54, 1.807) is 12.1 Å². The summed E-state index contributed by atoms with van der Waals surface area (Å²) in [4.78, 5) is 23.3. The Morgan fingerprint density at radius 2 is 2.06 bits per heavy atom. The Labute approximate surface area is 104 Å². The lowest BCUT2D eigenvalue weighted by Crippen LogP contribution is -2.20. The Balaban J connectivity index is 1.88. The molecule has 2 heterocycles. The molecule has 4 heteroatoms. The first kappa shape index (κ1) is 10.3. The molecule has 18 heavy (non-hydrogen) atoms. The summed E-state index contributed by atoms with van der Waals surface area (Å²) in [5.41, 5.74) is 1.33. The van der Waals surface area contributed by atoms with Gasteiger partial charge in [-0.1, -0.05) is 25.0 Å². The van der Waals surface area contributed by atoms with Gasteiger partial charge < -0.3 is 9.47 Å². The molecule has 0 spiro atoms. The van der Waals surface area contributed by atoms with Gasteiger partial charge in [0.25, 0.3) is 0 Å². The zero-order chi connectivity index (χ0) is 12.3. The van der Waals surface area contributed by atoms with Crippen molar-refractivity contribution in [3.8, 4) is 0 Å². The molecule has 3 aliphatic rings. The maximum absolute atomic E-state index is 11.8. The molecule has 1 aromatic rings. The summed E-state index contributed by atoms with van der Waals surface area (Å²) < 4.78 is 10.5. The fourth-order valence-corrected chi connectivity index (χ4v) is 3.31. The van der Waals surface area contributed by atoms with Crippen LogP contribution in [0.3, 0.4) is 0 Å². The maximum Gasteiger partial charge on any atom is 0.347 e. The van der Waals surface area contributed by atoms with Crippen LogP contribution in [0.15, 0.2) is 18.2 Å². The van der Waals surface area contributed by atoms with Crippen LogP contribution < -0.4 is 0 Å². The van der Waals surface area contributed by atoms with Gasteiger partial charge in [-0.05, 0) is 18.9 Å². The topological polar surface area (TPSA) is 55.9 Å². The quantitative estimate of drug-likeness (QED) is 0.431. The van der Waals surface area contributed by atoms with Crippen molar-refractivity contribution in [2.75, 3.05) is 0 Å². The SMILES string of the molecule is O=C1OC(=O)c2c1cccc2C12CCCCC1O2. The molecular weight excluding hydrogens is 232 g/mol. The average molecular weight is 244 g/mol. The van der Waals surface area contributed by atoms with Crippen LogP contribution >= 0.6 is 0 Å². The molecule has 2 unspecified atom stereocenters. The van der Waals surface area contributed by atoms with Crippen molar-refractivity contribution in [1.82, 2.24) is 0 Å². The van der Waals surface area contributed by atoms with E-state index in [0.717, 1.165) is 24.8 Å². The van der Waals surface area contributed by atoms with Crippen LogP contribution in [-0.4, -0.2) is 18.0 Å². The Morgan fingerprint density at radius 1 is 1.17 bits per heavy atom. The van der Waals surface area contributed by atoms with E-state index < -0.39 is 11.9 Å². The normalized spacial score (nSPS) is 32.8. The molecule has 0 aromatic heterocycles. The summed E-state index contributed by atoms with van der Waals surface area (Å²) in [6.45, 7) is 0. The Morgan fingerprint density at radius 3 is 2.89 bits per heavy atom. The van der Waals surface area contributed by atoms with Crippen LogP contribution in [0.4, 0.5) is 0 Å². The van der Waals surface area contributed by atoms with Crippen LogP contribution in [0, 0.1) is 0 Å². The Kier molecular flexibility index (Phi) is 1.83. The third-order valence-corrected chi connectivity index (χ3v) is 4.21. The van der Waals surface area contributed by atoms with Crippen molar-refractivity contribution in [2.24, 2.45) is 0 Å². The molecule has 0 amide bonds. The largest absolute Gasteiger partial charge is 0.386 e. The highest BCUT2D eigenvalue weighted by molar-refractivity contribution is 6.15. The number of fused-ring (bicyclic) bond motifs is 2. The van der Waals surface area contributed by atoms with Crippen molar-refractivity contribution in [3.05, 3.63) is 34.9 Å². The van der Waals surface area contributed by atoms with Crippen LogP contribution in [0.1, 0.15) is 52.0 Å². The number of hydrogen-bond acceptors (Lipinski definition) is 4. The molecule has 4 nitrogen and oxygen atoms in total. The summed E-state index contributed by atoms with van der Waals surface area (Å²) >= 11 is 0. The third kappa shape index (κ3) is 1.13. The van der Waals surface area contributed by atoms with E-state index in [4.69, 9.17) is 9.47 Å².